The Kier molecular flexibility index (Phi) is 6.50. The number of terminal acetylenes is 1. The Morgan fingerprint density at radius 2 is 1.91 bits per heavy atom. The van der Waals surface area contributed by atoms with Crippen molar-refractivity contribution >= 4 is 35.1 Å². The van der Waals surface area contributed by atoms with E-state index in [-0.39, 0.29) is 30.0 Å². The number of anilines is 2. The van der Waals surface area contributed by atoms with Crippen LogP contribution in [0.2, 0.25) is 5.02 Å². The van der Waals surface area contributed by atoms with Crippen LogP contribution in [-0.2, 0) is 4.79 Å². The number of carbonyl (C=O) groups is 2. The van der Waals surface area contributed by atoms with Crippen molar-refractivity contribution in [1.29, 1.82) is 0 Å². The fourth-order valence-electron chi connectivity index (χ4n) is 5.34. The van der Waals surface area contributed by atoms with Crippen molar-refractivity contribution in [3.8, 4) is 12.3 Å². The summed E-state index contributed by atoms with van der Waals surface area (Å²) in [5.41, 5.74) is 0.0168. The molecule has 0 unspecified atom stereocenters. The first-order valence-electron chi connectivity index (χ1n) is 11.2. The topological polar surface area (TPSA) is 97.2 Å². The van der Waals surface area contributed by atoms with Gasteiger partial charge in [-0.15, -0.1) is 6.42 Å². The van der Waals surface area contributed by atoms with Crippen LogP contribution in [0.25, 0.3) is 0 Å². The molecule has 2 saturated heterocycles. The van der Waals surface area contributed by atoms with Gasteiger partial charge in [-0.3, -0.25) is 9.69 Å². The third-order valence-electron chi connectivity index (χ3n) is 7.27. The summed E-state index contributed by atoms with van der Waals surface area (Å²) in [4.78, 5) is 34.3. The minimum Gasteiger partial charge on any atom is -0.465 e. The summed E-state index contributed by atoms with van der Waals surface area (Å²) in [6.45, 7) is 2.05. The first-order valence-corrected chi connectivity index (χ1v) is 11.6. The fourth-order valence-corrected chi connectivity index (χ4v) is 5.62. The molecule has 2 amide bonds. The number of aliphatic hydroxyl groups is 1. The van der Waals surface area contributed by atoms with Gasteiger partial charge in [-0.2, -0.15) is 0 Å². The average molecular weight is 461 g/mol. The van der Waals surface area contributed by atoms with Crippen molar-refractivity contribution in [2.75, 3.05) is 36.0 Å². The minimum absolute atomic E-state index is 0.0858. The number of nitrogens with zero attached hydrogens (tertiary/aromatic N) is 4. The number of aliphatic hydroxyl groups excluding tert-OH is 1. The van der Waals surface area contributed by atoms with Gasteiger partial charge >= 0.3 is 6.09 Å². The number of carboxylic acid groups (broad SMARTS) is 1. The van der Waals surface area contributed by atoms with Crippen molar-refractivity contribution in [1.82, 2.24) is 9.88 Å². The number of rotatable bonds is 4. The largest absolute Gasteiger partial charge is 0.465 e. The molecule has 3 aliphatic rings. The van der Waals surface area contributed by atoms with Gasteiger partial charge in [-0.1, -0.05) is 17.5 Å². The summed E-state index contributed by atoms with van der Waals surface area (Å²) in [6.07, 6.45) is 11.0. The Morgan fingerprint density at radius 1 is 1.25 bits per heavy atom. The molecule has 4 rings (SSSR count). The van der Waals surface area contributed by atoms with Gasteiger partial charge < -0.3 is 20.0 Å². The highest BCUT2D eigenvalue weighted by atomic mass is 35.5. The third kappa shape index (κ3) is 4.24. The number of aromatic nitrogens is 1. The summed E-state index contributed by atoms with van der Waals surface area (Å²) in [7, 11) is 0. The van der Waals surface area contributed by atoms with Crippen LogP contribution in [0, 0.1) is 17.8 Å². The maximum Gasteiger partial charge on any atom is 0.412 e. The molecular formula is C23H29ClN4O4. The molecular weight excluding hydrogens is 432 g/mol. The molecule has 32 heavy (non-hydrogen) atoms. The van der Waals surface area contributed by atoms with E-state index < -0.39 is 6.09 Å². The molecule has 2 aliphatic heterocycles. The van der Waals surface area contributed by atoms with Gasteiger partial charge in [-0.05, 0) is 51.0 Å². The van der Waals surface area contributed by atoms with E-state index in [1.165, 1.54) is 6.20 Å². The third-order valence-corrected chi connectivity index (χ3v) is 7.55. The molecule has 0 aromatic carbocycles. The van der Waals surface area contributed by atoms with Crippen LogP contribution in [0.4, 0.5) is 16.3 Å². The van der Waals surface area contributed by atoms with Crippen molar-refractivity contribution in [2.45, 2.75) is 57.1 Å². The normalized spacial score (nSPS) is 25.1. The second-order valence-corrected chi connectivity index (χ2v) is 9.46. The first kappa shape index (κ1) is 22.7. The standard InChI is InChI=1S/C23H29ClN4O4/c1-2-10-28(22(31)32)17-14-19(24)20(25-15-17)26-11-7-23(8-12-26)9-13-27(21(23)30)16-3-5-18(29)6-4-16/h1,14-16,18,29H,3-13H2,(H,31,32)/t16-,18+. The smallest absolute Gasteiger partial charge is 0.412 e. The van der Waals surface area contributed by atoms with E-state index in [0.717, 1.165) is 56.4 Å². The maximum absolute atomic E-state index is 13.3. The van der Waals surface area contributed by atoms with Gasteiger partial charge in [0.15, 0.2) is 0 Å². The molecule has 2 N–H and O–H groups in total. The van der Waals surface area contributed by atoms with Crippen molar-refractivity contribution in [3.05, 3.63) is 17.3 Å². The molecule has 172 valence electrons. The highest BCUT2D eigenvalue weighted by Crippen LogP contribution is 2.45. The van der Waals surface area contributed by atoms with Crippen LogP contribution in [-0.4, -0.2) is 70.4 Å². The summed E-state index contributed by atoms with van der Waals surface area (Å²) in [5, 5.41) is 19.5. The second-order valence-electron chi connectivity index (χ2n) is 9.05. The zero-order valence-electron chi connectivity index (χ0n) is 18.0. The van der Waals surface area contributed by atoms with E-state index in [1.54, 1.807) is 6.07 Å². The molecule has 0 bridgehead atoms. The minimum atomic E-state index is -1.16. The number of amides is 2. The Bertz CT molecular complexity index is 917. The zero-order chi connectivity index (χ0) is 22.9. The van der Waals surface area contributed by atoms with Crippen molar-refractivity contribution in [3.63, 3.8) is 0 Å². The van der Waals surface area contributed by atoms with Gasteiger partial charge in [0.25, 0.3) is 0 Å². The lowest BCUT2D eigenvalue weighted by Gasteiger charge is -2.40. The van der Waals surface area contributed by atoms with Gasteiger partial charge in [-0.25, -0.2) is 9.78 Å². The molecule has 1 aromatic rings. The lowest BCUT2D eigenvalue weighted by Crippen LogP contribution is -2.47. The quantitative estimate of drug-likeness (QED) is 0.670. The molecule has 9 heteroatoms. The van der Waals surface area contributed by atoms with Gasteiger partial charge in [0, 0.05) is 25.7 Å². The maximum atomic E-state index is 13.3. The van der Waals surface area contributed by atoms with E-state index >= 15 is 0 Å². The van der Waals surface area contributed by atoms with E-state index in [0.29, 0.717) is 29.6 Å². The molecule has 0 radical (unpaired) electrons. The fraction of sp³-hybridized carbons (Fsp3) is 0.609. The molecule has 1 aromatic heterocycles. The number of halogens is 1. The van der Waals surface area contributed by atoms with Crippen molar-refractivity contribution in [2.24, 2.45) is 5.41 Å². The van der Waals surface area contributed by atoms with E-state index in [1.807, 2.05) is 0 Å². The monoisotopic (exact) mass is 460 g/mol. The number of piperidine rings is 1. The summed E-state index contributed by atoms with van der Waals surface area (Å²) in [6, 6.07) is 1.83. The van der Waals surface area contributed by atoms with Crippen LogP contribution in [0.3, 0.4) is 0 Å². The molecule has 1 aliphatic carbocycles. The van der Waals surface area contributed by atoms with E-state index in [2.05, 4.69) is 20.7 Å². The van der Waals surface area contributed by atoms with Crippen LogP contribution in [0.15, 0.2) is 12.3 Å². The Hall–Kier alpha value is -2.50. The predicted octanol–water partition coefficient (Wildman–Crippen LogP) is 2.98. The van der Waals surface area contributed by atoms with Gasteiger partial charge in [0.1, 0.15) is 5.82 Å². The first-order chi connectivity index (χ1) is 15.3. The molecule has 1 spiro atoms. The number of pyridine rings is 1. The SMILES string of the molecule is C#CCN(C(=O)O)c1cnc(N2CCC3(CC2)CCN([C@H]2CC[C@@H](O)CC2)C3=O)c(Cl)c1. The molecule has 1 saturated carbocycles. The van der Waals surface area contributed by atoms with Crippen molar-refractivity contribution < 1.29 is 19.8 Å². The van der Waals surface area contributed by atoms with Gasteiger partial charge in [0.2, 0.25) is 5.91 Å². The highest BCUT2D eigenvalue weighted by molar-refractivity contribution is 6.33. The molecule has 0 atom stereocenters. The Morgan fingerprint density at radius 3 is 2.50 bits per heavy atom. The summed E-state index contributed by atoms with van der Waals surface area (Å²) >= 11 is 6.46. The van der Waals surface area contributed by atoms with E-state index in [9.17, 15) is 19.8 Å². The lowest BCUT2D eigenvalue weighted by atomic mass is 9.77. The summed E-state index contributed by atoms with van der Waals surface area (Å²) in [5.74, 6) is 3.18. The molecule has 3 heterocycles. The number of hydrogen-bond donors (Lipinski definition) is 2. The zero-order valence-corrected chi connectivity index (χ0v) is 18.8. The van der Waals surface area contributed by atoms with Crippen LogP contribution < -0.4 is 9.80 Å². The predicted molar refractivity (Wildman–Crippen MR) is 122 cm³/mol. The Labute approximate surface area is 193 Å². The van der Waals surface area contributed by atoms with Crippen LogP contribution >= 0.6 is 11.6 Å². The summed E-state index contributed by atoms with van der Waals surface area (Å²) < 4.78 is 0. The Balaban J connectivity index is 1.41. The molecule has 3 fully saturated rings. The van der Waals surface area contributed by atoms with Gasteiger partial charge in [0.05, 0.1) is 35.0 Å². The number of hydrogen-bond acceptors (Lipinski definition) is 5. The lowest BCUT2D eigenvalue weighted by molar-refractivity contribution is -0.139. The number of likely N-dealkylation sites (tertiary alicyclic amines) is 1. The van der Waals surface area contributed by atoms with E-state index in [4.69, 9.17) is 18.0 Å². The average Bonchev–Trinajstić information content (AvgIpc) is 3.09. The number of carbonyl (C=O) groups excluding carboxylic acids is 1. The second kappa shape index (κ2) is 9.16. The van der Waals surface area contributed by atoms with Crippen LogP contribution in [0.5, 0.6) is 0 Å². The molecule has 8 nitrogen and oxygen atoms in total. The van der Waals surface area contributed by atoms with Crippen LogP contribution in [0.1, 0.15) is 44.9 Å². The highest BCUT2D eigenvalue weighted by Gasteiger charge is 2.50.